The largest absolute Gasteiger partial charge is 1.00 e. The van der Waals surface area contributed by atoms with Gasteiger partial charge in [0, 0.05) is 0 Å². The quantitative estimate of drug-likeness (QED) is 0.639. The molecule has 1 heteroatoms. The third-order valence-corrected chi connectivity index (χ3v) is 9.30. The molecule has 2 aliphatic rings. The van der Waals surface area contributed by atoms with Crippen molar-refractivity contribution < 1.29 is 26.1 Å². The smallest absolute Gasteiger partial charge is 1.00 e. The minimum atomic E-state index is -0.632. The first-order chi connectivity index (χ1) is 10.7. The molecule has 0 heterocycles. The van der Waals surface area contributed by atoms with E-state index >= 15 is 0 Å². The molecule has 2 aliphatic carbocycles. The molecule has 0 bridgehead atoms. The van der Waals surface area contributed by atoms with E-state index in [9.17, 15) is 0 Å². The molecule has 0 fully saturated rings. The summed E-state index contributed by atoms with van der Waals surface area (Å²) in [5.41, 5.74) is 7.74. The second-order valence-electron chi connectivity index (χ2n) is 6.49. The van der Waals surface area contributed by atoms with Gasteiger partial charge < -0.3 is 2.85 Å². The Morgan fingerprint density at radius 3 is 2.36 bits per heavy atom. The standard InChI is InChI=1S/C12H13.C9H7.Zr.2H/c1-9(2)12-7-10-5-3-4-6-11(10)8-12;1-2-5-9-7-3-6-8(9)4-1;;;/h3-9H,1-2H3;1-7H;;;/q;;+2;2*-1. The second kappa shape index (κ2) is 5.78. The van der Waals surface area contributed by atoms with E-state index in [1.807, 2.05) is 0 Å². The van der Waals surface area contributed by atoms with Gasteiger partial charge in [-0.3, -0.25) is 0 Å². The first-order valence-corrected chi connectivity index (χ1v) is 10.9. The molecule has 22 heavy (non-hydrogen) atoms. The summed E-state index contributed by atoms with van der Waals surface area (Å²) in [5, 5.41) is 0. The van der Waals surface area contributed by atoms with Crippen LogP contribution in [0.5, 0.6) is 0 Å². The van der Waals surface area contributed by atoms with Gasteiger partial charge in [0.25, 0.3) is 0 Å². The normalized spacial score (nSPS) is 21.5. The Kier molecular flexibility index (Phi) is 3.78. The van der Waals surface area contributed by atoms with E-state index in [2.05, 4.69) is 80.6 Å². The fourth-order valence-electron chi connectivity index (χ4n) is 3.61. The molecule has 0 aliphatic heterocycles. The molecule has 4 rings (SSSR count). The van der Waals surface area contributed by atoms with Gasteiger partial charge in [-0.25, -0.2) is 0 Å². The Hall–Kier alpha value is -1.20. The number of allylic oxidation sites excluding steroid dienone is 2. The first kappa shape index (κ1) is 14.4. The first-order valence-electron chi connectivity index (χ1n) is 8.07. The number of hydrogen-bond donors (Lipinski definition) is 0. The molecule has 0 saturated heterocycles. The predicted octanol–water partition coefficient (Wildman–Crippen LogP) is 5.86. The maximum atomic E-state index is 2.47. The molecule has 0 radical (unpaired) electrons. The zero-order valence-corrected chi connectivity index (χ0v) is 15.5. The van der Waals surface area contributed by atoms with Crippen LogP contribution < -0.4 is 0 Å². The second-order valence-corrected chi connectivity index (χ2v) is 10.3. The van der Waals surface area contributed by atoms with Gasteiger partial charge in [-0.1, -0.05) is 0 Å². The summed E-state index contributed by atoms with van der Waals surface area (Å²) in [6, 6.07) is 18.0. The fraction of sp³-hybridized carbons (Fsp3) is 0.238. The van der Waals surface area contributed by atoms with Crippen LogP contribution in [0, 0.1) is 5.92 Å². The molecule has 0 amide bonds. The molecule has 2 atom stereocenters. The van der Waals surface area contributed by atoms with Crippen molar-refractivity contribution in [2.75, 3.05) is 0 Å². The van der Waals surface area contributed by atoms with Crippen LogP contribution in [-0.2, 0) is 23.2 Å². The Balaban J connectivity index is 0.00000104. The summed E-state index contributed by atoms with van der Waals surface area (Å²) in [4.78, 5) is 0. The van der Waals surface area contributed by atoms with Gasteiger partial charge in [-0.2, -0.15) is 0 Å². The molecular formula is C21H22Zr. The fourth-order valence-corrected chi connectivity index (χ4v) is 8.67. The van der Waals surface area contributed by atoms with Crippen molar-refractivity contribution in [3.63, 3.8) is 0 Å². The van der Waals surface area contributed by atoms with Crippen LogP contribution in [0.25, 0.3) is 12.2 Å². The van der Waals surface area contributed by atoms with Crippen LogP contribution in [0.1, 0.15) is 46.2 Å². The van der Waals surface area contributed by atoms with E-state index in [-0.39, 0.29) is 2.85 Å². The van der Waals surface area contributed by atoms with Gasteiger partial charge in [-0.05, 0) is 0 Å². The maximum Gasteiger partial charge on any atom is -1.00 e. The molecule has 0 nitrogen and oxygen atoms in total. The van der Waals surface area contributed by atoms with Crippen molar-refractivity contribution >= 4 is 12.2 Å². The van der Waals surface area contributed by atoms with E-state index in [4.69, 9.17) is 0 Å². The Bertz CT molecular complexity index is 777. The van der Waals surface area contributed by atoms with Crippen LogP contribution in [0.4, 0.5) is 0 Å². The summed E-state index contributed by atoms with van der Waals surface area (Å²) < 4.78 is 1.46. The minimum Gasteiger partial charge on any atom is -1.00 e. The van der Waals surface area contributed by atoms with Gasteiger partial charge in [0.2, 0.25) is 0 Å². The maximum absolute atomic E-state index is 2.47. The molecule has 2 aromatic rings. The molecule has 0 aromatic heterocycles. The van der Waals surface area contributed by atoms with Crippen molar-refractivity contribution in [1.82, 2.24) is 0 Å². The number of benzene rings is 2. The van der Waals surface area contributed by atoms with Crippen LogP contribution in [-0.4, -0.2) is 0 Å². The Morgan fingerprint density at radius 2 is 1.59 bits per heavy atom. The monoisotopic (exact) mass is 364 g/mol. The zero-order valence-electron chi connectivity index (χ0n) is 15.1. The Morgan fingerprint density at radius 1 is 0.909 bits per heavy atom. The average molecular weight is 366 g/mol. The number of rotatable bonds is 3. The third-order valence-electron chi connectivity index (χ3n) is 4.77. The van der Waals surface area contributed by atoms with Gasteiger partial charge in [0.1, 0.15) is 0 Å². The van der Waals surface area contributed by atoms with Crippen LogP contribution >= 0.6 is 0 Å². The van der Waals surface area contributed by atoms with Crippen molar-refractivity contribution in [3.05, 3.63) is 82.4 Å². The molecule has 2 aromatic carbocycles. The van der Waals surface area contributed by atoms with Gasteiger partial charge in [0.15, 0.2) is 0 Å². The van der Waals surface area contributed by atoms with Gasteiger partial charge in [-0.15, -0.1) is 0 Å². The third kappa shape index (κ3) is 2.40. The molecular weight excluding hydrogens is 343 g/mol. The van der Waals surface area contributed by atoms with E-state index in [0.29, 0.717) is 5.92 Å². The summed E-state index contributed by atoms with van der Waals surface area (Å²) in [6.45, 7) is 4.70. The summed E-state index contributed by atoms with van der Waals surface area (Å²) >= 11 is -0.632. The van der Waals surface area contributed by atoms with Gasteiger partial charge >= 0.3 is 145 Å². The molecule has 0 spiro atoms. The van der Waals surface area contributed by atoms with Crippen molar-refractivity contribution in [1.29, 1.82) is 0 Å². The van der Waals surface area contributed by atoms with Crippen LogP contribution in [0.3, 0.4) is 0 Å². The molecule has 0 saturated carbocycles. The SMILES string of the molecule is CC(C)C1=Cc2ccccc2[CH]1[Zr+2][CH]1C=Cc2ccccc21.[H-].[H-]. The zero-order chi connectivity index (χ0) is 15.1. The minimum absolute atomic E-state index is 0. The number of hydrogen-bond acceptors (Lipinski definition) is 0. The van der Waals surface area contributed by atoms with E-state index in [1.54, 1.807) is 16.7 Å². The van der Waals surface area contributed by atoms with E-state index < -0.39 is 23.2 Å². The van der Waals surface area contributed by atoms with Crippen LogP contribution in [0.15, 0.2) is 60.2 Å². The van der Waals surface area contributed by atoms with E-state index in [1.165, 1.54) is 11.1 Å². The van der Waals surface area contributed by atoms with Crippen molar-refractivity contribution in [3.8, 4) is 0 Å². The predicted molar refractivity (Wildman–Crippen MR) is 92.4 cm³/mol. The van der Waals surface area contributed by atoms with Crippen molar-refractivity contribution in [2.45, 2.75) is 21.1 Å². The topological polar surface area (TPSA) is 0 Å². The molecule has 2 unspecified atom stereocenters. The average Bonchev–Trinajstić information content (AvgIpc) is 3.10. The Labute approximate surface area is 147 Å². The summed E-state index contributed by atoms with van der Waals surface area (Å²) in [7, 11) is 0. The molecule has 0 N–H and O–H groups in total. The van der Waals surface area contributed by atoms with Gasteiger partial charge in [0.05, 0.1) is 0 Å². The van der Waals surface area contributed by atoms with Crippen molar-refractivity contribution in [2.24, 2.45) is 5.92 Å². The summed E-state index contributed by atoms with van der Waals surface area (Å²) in [5.74, 6) is 0.652. The number of fused-ring (bicyclic) bond motifs is 2. The molecule has 110 valence electrons. The summed E-state index contributed by atoms with van der Waals surface area (Å²) in [6.07, 6.45) is 7.27. The van der Waals surface area contributed by atoms with Crippen LogP contribution in [0.2, 0.25) is 0 Å². The van der Waals surface area contributed by atoms with E-state index in [0.717, 1.165) is 7.25 Å².